The Balaban J connectivity index is 2.62. The summed E-state index contributed by atoms with van der Waals surface area (Å²) < 4.78 is 4.90. The van der Waals surface area contributed by atoms with Crippen molar-refractivity contribution in [2.45, 2.75) is 38.1 Å². The number of ether oxygens (including phenoxy) is 1. The number of esters is 1. The first kappa shape index (κ1) is 18.4. The molecular weight excluding hydrogens is 300 g/mol. The lowest BCUT2D eigenvalue weighted by Gasteiger charge is -2.26. The second kappa shape index (κ2) is 9.35. The molecule has 0 bridgehead atoms. The molecule has 0 fully saturated rings. The summed E-state index contributed by atoms with van der Waals surface area (Å²) in [6.07, 6.45) is 2.20. The molecule has 5 nitrogen and oxygen atoms in total. The smallest absolute Gasteiger partial charge is 0.322 e. The number of carbonyl (C=O) groups is 2. The van der Waals surface area contributed by atoms with E-state index in [0.29, 0.717) is 13.2 Å². The van der Waals surface area contributed by atoms with E-state index in [4.69, 9.17) is 4.74 Å². The van der Waals surface area contributed by atoms with Crippen LogP contribution < -0.4 is 5.32 Å². The molecule has 0 heterocycles. The minimum Gasteiger partial charge on any atom is -0.466 e. The van der Waals surface area contributed by atoms with Gasteiger partial charge < -0.3 is 15.0 Å². The molecule has 1 rings (SSSR count). The van der Waals surface area contributed by atoms with Gasteiger partial charge in [0.1, 0.15) is 0 Å². The number of carbonyl (C=O) groups excluding carboxylic acids is 2. The van der Waals surface area contributed by atoms with Gasteiger partial charge in [-0.2, -0.15) is 0 Å². The number of anilines is 1. The van der Waals surface area contributed by atoms with E-state index in [-0.39, 0.29) is 24.5 Å². The van der Waals surface area contributed by atoms with E-state index in [1.807, 2.05) is 44.4 Å². The summed E-state index contributed by atoms with van der Waals surface area (Å²) in [6, 6.07) is 7.44. The van der Waals surface area contributed by atoms with Gasteiger partial charge in [-0.3, -0.25) is 4.79 Å². The molecule has 0 unspecified atom stereocenters. The third-order valence-electron chi connectivity index (χ3n) is 3.09. The van der Waals surface area contributed by atoms with Gasteiger partial charge in [-0.1, -0.05) is 0 Å². The Kier molecular flexibility index (Phi) is 7.80. The number of nitrogens with zero attached hydrogens (tertiary/aromatic N) is 1. The lowest BCUT2D eigenvalue weighted by atomic mass is 10.3. The number of thioether (sulfide) groups is 1. The monoisotopic (exact) mass is 324 g/mol. The molecule has 6 heteroatoms. The number of nitrogens with one attached hydrogen (secondary N) is 1. The normalized spacial score (nSPS) is 10.4. The van der Waals surface area contributed by atoms with Crippen molar-refractivity contribution in [3.8, 4) is 0 Å². The number of urea groups is 1. The highest BCUT2D eigenvalue weighted by Gasteiger charge is 2.18. The van der Waals surface area contributed by atoms with Gasteiger partial charge in [-0.15, -0.1) is 11.8 Å². The van der Waals surface area contributed by atoms with E-state index in [0.717, 1.165) is 10.6 Å². The zero-order chi connectivity index (χ0) is 16.5. The highest BCUT2D eigenvalue weighted by molar-refractivity contribution is 7.98. The van der Waals surface area contributed by atoms with Gasteiger partial charge in [0, 0.05) is 23.2 Å². The first-order valence-corrected chi connectivity index (χ1v) is 8.57. The highest BCUT2D eigenvalue weighted by Crippen LogP contribution is 2.18. The molecule has 2 amide bonds. The van der Waals surface area contributed by atoms with Crippen molar-refractivity contribution in [1.82, 2.24) is 4.90 Å². The topological polar surface area (TPSA) is 58.6 Å². The Hall–Kier alpha value is -1.69. The summed E-state index contributed by atoms with van der Waals surface area (Å²) in [5.74, 6) is -0.287. The predicted molar refractivity (Wildman–Crippen MR) is 90.3 cm³/mol. The highest BCUT2D eigenvalue weighted by atomic mass is 32.2. The second-order valence-corrected chi connectivity index (χ2v) is 5.88. The van der Waals surface area contributed by atoms with Gasteiger partial charge in [0.05, 0.1) is 13.0 Å². The van der Waals surface area contributed by atoms with Crippen LogP contribution in [0.25, 0.3) is 0 Å². The summed E-state index contributed by atoms with van der Waals surface area (Å²) in [6.45, 7) is 6.30. The van der Waals surface area contributed by atoms with Crippen molar-refractivity contribution in [2.75, 3.05) is 24.7 Å². The van der Waals surface area contributed by atoms with Crippen molar-refractivity contribution in [1.29, 1.82) is 0 Å². The third kappa shape index (κ3) is 5.97. The molecule has 1 aromatic rings. The molecule has 0 atom stereocenters. The molecular formula is C16H24N2O3S. The Morgan fingerprint density at radius 2 is 1.91 bits per heavy atom. The maximum Gasteiger partial charge on any atom is 0.322 e. The van der Waals surface area contributed by atoms with Gasteiger partial charge in [0.25, 0.3) is 0 Å². The number of hydrogen-bond donors (Lipinski definition) is 1. The van der Waals surface area contributed by atoms with Crippen LogP contribution in [0.2, 0.25) is 0 Å². The molecule has 0 aliphatic carbocycles. The Morgan fingerprint density at radius 3 is 2.41 bits per heavy atom. The predicted octanol–water partition coefficient (Wildman–Crippen LogP) is 3.60. The quantitative estimate of drug-likeness (QED) is 0.615. The average molecular weight is 324 g/mol. The summed E-state index contributed by atoms with van der Waals surface area (Å²) in [5.41, 5.74) is 0.740. The Bertz CT molecular complexity index is 489. The molecule has 0 saturated carbocycles. The zero-order valence-electron chi connectivity index (χ0n) is 13.6. The van der Waals surface area contributed by atoms with Crippen molar-refractivity contribution in [3.05, 3.63) is 24.3 Å². The van der Waals surface area contributed by atoms with Gasteiger partial charge in [-0.25, -0.2) is 4.79 Å². The Labute approximate surface area is 136 Å². The fraction of sp³-hybridized carbons (Fsp3) is 0.500. The molecule has 0 saturated heterocycles. The third-order valence-corrected chi connectivity index (χ3v) is 3.83. The molecule has 0 aromatic heterocycles. The van der Waals surface area contributed by atoms with Gasteiger partial charge in [-0.05, 0) is 51.3 Å². The summed E-state index contributed by atoms with van der Waals surface area (Å²) in [4.78, 5) is 26.5. The lowest BCUT2D eigenvalue weighted by Crippen LogP contribution is -2.41. The van der Waals surface area contributed by atoms with E-state index in [1.54, 1.807) is 23.6 Å². The van der Waals surface area contributed by atoms with Gasteiger partial charge in [0.15, 0.2) is 0 Å². The molecule has 0 spiro atoms. The van der Waals surface area contributed by atoms with E-state index in [9.17, 15) is 9.59 Å². The first-order valence-electron chi connectivity index (χ1n) is 7.35. The SMILES string of the molecule is CCOC(=O)CCN(C(=O)Nc1ccc(SC)cc1)C(C)C. The second-order valence-electron chi connectivity index (χ2n) is 5.00. The maximum atomic E-state index is 12.3. The van der Waals surface area contributed by atoms with Crippen LogP contribution >= 0.6 is 11.8 Å². The van der Waals surface area contributed by atoms with Crippen LogP contribution in [-0.2, 0) is 9.53 Å². The fourth-order valence-corrected chi connectivity index (χ4v) is 2.32. The van der Waals surface area contributed by atoms with Crippen LogP contribution in [0.15, 0.2) is 29.2 Å². The summed E-state index contributed by atoms with van der Waals surface area (Å²) in [7, 11) is 0. The molecule has 0 radical (unpaired) electrons. The molecule has 22 heavy (non-hydrogen) atoms. The maximum absolute atomic E-state index is 12.3. The van der Waals surface area contributed by atoms with E-state index in [1.165, 1.54) is 0 Å². The van der Waals surface area contributed by atoms with Crippen molar-refractivity contribution in [2.24, 2.45) is 0 Å². The van der Waals surface area contributed by atoms with Gasteiger partial charge in [0.2, 0.25) is 0 Å². The van der Waals surface area contributed by atoms with Crippen molar-refractivity contribution in [3.63, 3.8) is 0 Å². The molecule has 0 aliphatic rings. The zero-order valence-corrected chi connectivity index (χ0v) is 14.4. The van der Waals surface area contributed by atoms with Crippen molar-refractivity contribution < 1.29 is 14.3 Å². The Morgan fingerprint density at radius 1 is 1.27 bits per heavy atom. The molecule has 0 aliphatic heterocycles. The molecule has 122 valence electrons. The molecule has 1 N–H and O–H groups in total. The number of amides is 2. The van der Waals surface area contributed by atoms with E-state index >= 15 is 0 Å². The fourth-order valence-electron chi connectivity index (χ4n) is 1.91. The number of hydrogen-bond acceptors (Lipinski definition) is 4. The summed E-state index contributed by atoms with van der Waals surface area (Å²) >= 11 is 1.65. The summed E-state index contributed by atoms with van der Waals surface area (Å²) in [5, 5.41) is 2.86. The van der Waals surface area contributed by atoms with Crippen LogP contribution in [0.5, 0.6) is 0 Å². The minimum absolute atomic E-state index is 0.0000953. The van der Waals surface area contributed by atoms with Crippen LogP contribution in [-0.4, -0.2) is 42.3 Å². The average Bonchev–Trinajstić information content (AvgIpc) is 2.48. The van der Waals surface area contributed by atoms with Gasteiger partial charge >= 0.3 is 12.0 Å². The molecule has 1 aromatic carbocycles. The largest absolute Gasteiger partial charge is 0.466 e. The number of benzene rings is 1. The van der Waals surface area contributed by atoms with Crippen LogP contribution in [0.1, 0.15) is 27.2 Å². The lowest BCUT2D eigenvalue weighted by molar-refractivity contribution is -0.143. The van der Waals surface area contributed by atoms with E-state index < -0.39 is 0 Å². The van der Waals surface area contributed by atoms with Crippen molar-refractivity contribution >= 4 is 29.4 Å². The van der Waals surface area contributed by atoms with E-state index in [2.05, 4.69) is 5.32 Å². The minimum atomic E-state index is -0.287. The van der Waals surface area contributed by atoms with Crippen LogP contribution in [0.4, 0.5) is 10.5 Å². The van der Waals surface area contributed by atoms with Crippen LogP contribution in [0.3, 0.4) is 0 Å². The van der Waals surface area contributed by atoms with Crippen LogP contribution in [0, 0.1) is 0 Å². The standard InChI is InChI=1S/C16H24N2O3S/c1-5-21-15(19)10-11-18(12(2)3)16(20)17-13-6-8-14(22-4)9-7-13/h6-9,12H,5,10-11H2,1-4H3,(H,17,20). The first-order chi connectivity index (χ1) is 10.5. The number of rotatable bonds is 7.